The van der Waals surface area contributed by atoms with Gasteiger partial charge in [0, 0.05) is 56.4 Å². The Morgan fingerprint density at radius 2 is 1.91 bits per heavy atom. The molecule has 0 bridgehead atoms. The van der Waals surface area contributed by atoms with Crippen molar-refractivity contribution in [2.75, 3.05) is 57.1 Å². The predicted octanol–water partition coefficient (Wildman–Crippen LogP) is 3.93. The second-order valence-electron chi connectivity index (χ2n) is 7.86. The van der Waals surface area contributed by atoms with E-state index >= 15 is 0 Å². The number of hydrogen-bond acceptors (Lipinski definition) is 6. The number of ether oxygens (including phenoxy) is 1. The molecule has 35 heavy (non-hydrogen) atoms. The highest BCUT2D eigenvalue weighted by Gasteiger charge is 2.31. The van der Waals surface area contributed by atoms with Crippen LogP contribution >= 0.6 is 11.6 Å². The average molecular weight is 510 g/mol. The molecule has 3 N–H and O–H groups in total. The topological polar surface area (TPSA) is 83.2 Å². The normalized spacial score (nSPS) is 15.8. The Labute approximate surface area is 207 Å². The predicted molar refractivity (Wildman–Crippen MR) is 132 cm³/mol. The molecule has 1 heterocycles. The molecule has 0 aliphatic carbocycles. The van der Waals surface area contributed by atoms with Crippen LogP contribution in [0.5, 0.6) is 5.75 Å². The molecule has 0 radical (unpaired) electrons. The van der Waals surface area contributed by atoms with E-state index in [1.165, 1.54) is 19.4 Å². The molecule has 2 aromatic carbocycles. The van der Waals surface area contributed by atoms with E-state index in [-0.39, 0.29) is 17.5 Å². The summed E-state index contributed by atoms with van der Waals surface area (Å²) < 4.78 is 44.4. The minimum Gasteiger partial charge on any atom is -0.496 e. The highest BCUT2D eigenvalue weighted by Crippen LogP contribution is 2.32. The number of halogens is 4. The van der Waals surface area contributed by atoms with E-state index in [0.717, 1.165) is 12.1 Å². The maximum atomic E-state index is 13.0. The molecular weight excluding hydrogens is 483 g/mol. The third-order valence-electron chi connectivity index (χ3n) is 5.61. The number of nitrogens with two attached hydrogens (primary N) is 1. The van der Waals surface area contributed by atoms with E-state index in [9.17, 15) is 18.0 Å². The quantitative estimate of drug-likeness (QED) is 0.553. The van der Waals surface area contributed by atoms with Gasteiger partial charge in [0.2, 0.25) is 5.91 Å². The van der Waals surface area contributed by atoms with Gasteiger partial charge >= 0.3 is 6.18 Å². The van der Waals surface area contributed by atoms with E-state index in [0.29, 0.717) is 54.6 Å². The number of methoxy groups -OCH3 is 1. The summed E-state index contributed by atoms with van der Waals surface area (Å²) in [5.74, 6) is 0.304. The Morgan fingerprint density at radius 1 is 1.20 bits per heavy atom. The van der Waals surface area contributed by atoms with Crippen molar-refractivity contribution in [3.05, 3.63) is 64.8 Å². The van der Waals surface area contributed by atoms with E-state index in [1.54, 1.807) is 31.3 Å². The second-order valence-corrected chi connectivity index (χ2v) is 8.27. The minimum atomic E-state index is -4.38. The first-order chi connectivity index (χ1) is 16.7. The highest BCUT2D eigenvalue weighted by atomic mass is 35.5. The number of benzene rings is 2. The fraction of sp³-hybridized carbons (Fsp3) is 0.333. The lowest BCUT2D eigenvalue weighted by molar-refractivity contribution is -0.137. The Morgan fingerprint density at radius 3 is 2.51 bits per heavy atom. The number of amides is 1. The third-order valence-corrected chi connectivity index (χ3v) is 5.92. The number of aliphatic imine (C=N–C) groups is 1. The first kappa shape index (κ1) is 26.4. The van der Waals surface area contributed by atoms with Gasteiger partial charge in [0.25, 0.3) is 0 Å². The van der Waals surface area contributed by atoms with E-state index in [1.807, 2.05) is 9.80 Å². The second kappa shape index (κ2) is 11.5. The van der Waals surface area contributed by atoms with Gasteiger partial charge in [-0.1, -0.05) is 17.7 Å². The lowest BCUT2D eigenvalue weighted by Gasteiger charge is -2.36. The number of rotatable bonds is 7. The summed E-state index contributed by atoms with van der Waals surface area (Å²) in [5, 5.41) is 3.10. The molecule has 0 unspecified atom stereocenters. The van der Waals surface area contributed by atoms with Gasteiger partial charge in [0.05, 0.1) is 30.0 Å². The van der Waals surface area contributed by atoms with Gasteiger partial charge in [-0.25, -0.2) is 0 Å². The van der Waals surface area contributed by atoms with Gasteiger partial charge in [-0.3, -0.25) is 14.7 Å². The molecule has 11 heteroatoms. The Hall–Kier alpha value is -3.24. The zero-order valence-electron chi connectivity index (χ0n) is 19.4. The summed E-state index contributed by atoms with van der Waals surface area (Å²) >= 11 is 6.16. The van der Waals surface area contributed by atoms with Gasteiger partial charge in [-0.2, -0.15) is 13.2 Å². The maximum absolute atomic E-state index is 13.0. The van der Waals surface area contributed by atoms with Crippen LogP contribution in [0.1, 0.15) is 11.1 Å². The van der Waals surface area contributed by atoms with Crippen LogP contribution in [-0.4, -0.2) is 63.4 Å². The van der Waals surface area contributed by atoms with Crippen LogP contribution in [-0.2, 0) is 11.0 Å². The van der Waals surface area contributed by atoms with Gasteiger partial charge < -0.3 is 20.7 Å². The fourth-order valence-electron chi connectivity index (χ4n) is 3.85. The molecule has 1 saturated heterocycles. The lowest BCUT2D eigenvalue weighted by atomic mass is 10.1. The zero-order valence-corrected chi connectivity index (χ0v) is 20.2. The SMILES string of the molecule is CN=C(C(Cl)=CN)c1cc(NC(=O)CN2CCN(c3cccc(C(F)(F)F)c3)CC2)ccc1OC. The minimum absolute atomic E-state index is 0.149. The van der Waals surface area contributed by atoms with Gasteiger partial charge in [0.15, 0.2) is 0 Å². The summed E-state index contributed by atoms with van der Waals surface area (Å²) in [7, 11) is 3.09. The number of alkyl halides is 3. The largest absolute Gasteiger partial charge is 0.496 e. The van der Waals surface area contributed by atoms with Gasteiger partial charge in [-0.05, 0) is 36.4 Å². The summed E-state index contributed by atoms with van der Waals surface area (Å²) in [6, 6.07) is 10.4. The maximum Gasteiger partial charge on any atom is 0.416 e. The van der Waals surface area contributed by atoms with Crippen LogP contribution in [0.2, 0.25) is 0 Å². The molecule has 3 rings (SSSR count). The molecule has 0 spiro atoms. The van der Waals surface area contributed by atoms with E-state index in [2.05, 4.69) is 10.3 Å². The van der Waals surface area contributed by atoms with Crippen LogP contribution in [0.3, 0.4) is 0 Å². The first-order valence-electron chi connectivity index (χ1n) is 10.8. The number of allylic oxidation sites excluding steroid dienone is 1. The smallest absolute Gasteiger partial charge is 0.416 e. The van der Waals surface area contributed by atoms with Crippen molar-refractivity contribution < 1.29 is 22.7 Å². The molecule has 188 valence electrons. The highest BCUT2D eigenvalue weighted by molar-refractivity contribution is 6.46. The fourth-order valence-corrected chi connectivity index (χ4v) is 4.04. The van der Waals surface area contributed by atoms with Crippen LogP contribution in [0.15, 0.2) is 58.7 Å². The number of piperazine rings is 1. The molecule has 0 saturated carbocycles. The van der Waals surface area contributed by atoms with Crippen LogP contribution in [0, 0.1) is 0 Å². The number of anilines is 2. The standard InChI is InChI=1S/C24H27ClF3N5O2/c1-30-23(20(25)14-29)19-13-17(6-7-21(19)35-2)31-22(34)15-32-8-10-33(11-9-32)18-5-3-4-16(12-18)24(26,27)28/h3-7,12-14H,8-11,15,29H2,1-2H3,(H,31,34). The number of carbonyl (C=O) groups is 1. The zero-order chi connectivity index (χ0) is 25.6. The molecule has 0 atom stereocenters. The molecular formula is C24H27ClF3N5O2. The van der Waals surface area contributed by atoms with Crippen LogP contribution in [0.25, 0.3) is 0 Å². The van der Waals surface area contributed by atoms with Crippen molar-refractivity contribution in [3.8, 4) is 5.75 Å². The van der Waals surface area contributed by atoms with Gasteiger partial charge in [0.1, 0.15) is 5.75 Å². The monoisotopic (exact) mass is 509 g/mol. The molecule has 1 aliphatic rings. The molecule has 7 nitrogen and oxygen atoms in total. The van der Waals surface area contributed by atoms with Crippen molar-refractivity contribution in [2.24, 2.45) is 10.7 Å². The number of hydrogen-bond donors (Lipinski definition) is 2. The summed E-state index contributed by atoms with van der Waals surface area (Å²) in [6.07, 6.45) is -3.15. The van der Waals surface area contributed by atoms with Crippen molar-refractivity contribution in [1.82, 2.24) is 4.90 Å². The Kier molecular flexibility index (Phi) is 8.63. The third kappa shape index (κ3) is 6.67. The van der Waals surface area contributed by atoms with E-state index in [4.69, 9.17) is 22.1 Å². The molecule has 1 fully saturated rings. The van der Waals surface area contributed by atoms with Crippen LogP contribution in [0.4, 0.5) is 24.5 Å². The van der Waals surface area contributed by atoms with Gasteiger partial charge in [-0.15, -0.1) is 0 Å². The van der Waals surface area contributed by atoms with Crippen molar-refractivity contribution in [3.63, 3.8) is 0 Å². The van der Waals surface area contributed by atoms with Crippen molar-refractivity contribution in [1.29, 1.82) is 0 Å². The summed E-state index contributed by atoms with van der Waals surface area (Å²) in [5.41, 5.74) is 6.92. The Balaban J connectivity index is 1.61. The molecule has 0 aromatic heterocycles. The van der Waals surface area contributed by atoms with Crippen molar-refractivity contribution in [2.45, 2.75) is 6.18 Å². The molecule has 1 aliphatic heterocycles. The number of nitrogens with zero attached hydrogens (tertiary/aromatic N) is 3. The van der Waals surface area contributed by atoms with Crippen molar-refractivity contribution >= 4 is 34.6 Å². The van der Waals surface area contributed by atoms with Crippen LogP contribution < -0.4 is 20.7 Å². The lowest BCUT2D eigenvalue weighted by Crippen LogP contribution is -2.48. The molecule has 2 aromatic rings. The summed E-state index contributed by atoms with van der Waals surface area (Å²) in [4.78, 5) is 20.7. The van der Waals surface area contributed by atoms with E-state index < -0.39 is 11.7 Å². The first-order valence-corrected chi connectivity index (χ1v) is 11.2. The number of nitrogens with one attached hydrogen (secondary N) is 1. The number of carbonyl (C=O) groups excluding carboxylic acids is 1. The molecule has 1 amide bonds. The Bertz CT molecular complexity index is 1110. The summed E-state index contributed by atoms with van der Waals surface area (Å²) in [6.45, 7) is 2.27. The average Bonchev–Trinajstić information content (AvgIpc) is 2.84.